The van der Waals surface area contributed by atoms with Crippen molar-refractivity contribution >= 4 is 17.5 Å². The van der Waals surface area contributed by atoms with Gasteiger partial charge in [-0.15, -0.1) is 0 Å². The van der Waals surface area contributed by atoms with E-state index in [4.69, 9.17) is 4.74 Å². The Labute approximate surface area is 140 Å². The minimum absolute atomic E-state index is 0.104. The standard InChI is InChI=1S/C19H18N2O3/c1-2-24-19(23)17-15(13-9-5-3-6-10-13)16(20-21-17)18(22)14-11-7-4-8-12-14/h3-12,15-16,20H,2H2,1H3/t15-,16+/m1/s1. The Morgan fingerprint density at radius 3 is 2.29 bits per heavy atom. The van der Waals surface area contributed by atoms with E-state index in [1.54, 1.807) is 19.1 Å². The lowest BCUT2D eigenvalue weighted by Gasteiger charge is -2.19. The molecular formula is C19H18N2O3. The molecule has 122 valence electrons. The molecule has 0 aromatic heterocycles. The van der Waals surface area contributed by atoms with Crippen LogP contribution in [0.3, 0.4) is 0 Å². The van der Waals surface area contributed by atoms with E-state index in [9.17, 15) is 9.59 Å². The van der Waals surface area contributed by atoms with Crippen molar-refractivity contribution in [2.75, 3.05) is 6.61 Å². The number of Topliss-reactive ketones (excluding diaryl/α,β-unsaturated/α-hetero) is 1. The largest absolute Gasteiger partial charge is 0.461 e. The molecule has 0 bridgehead atoms. The fourth-order valence-corrected chi connectivity index (χ4v) is 2.82. The summed E-state index contributed by atoms with van der Waals surface area (Å²) >= 11 is 0. The first-order valence-electron chi connectivity index (χ1n) is 7.86. The van der Waals surface area contributed by atoms with E-state index < -0.39 is 17.9 Å². The molecule has 0 saturated carbocycles. The van der Waals surface area contributed by atoms with Crippen molar-refractivity contribution in [1.82, 2.24) is 5.43 Å². The smallest absolute Gasteiger partial charge is 0.355 e. The van der Waals surface area contributed by atoms with Gasteiger partial charge in [0.2, 0.25) is 0 Å². The van der Waals surface area contributed by atoms with E-state index in [1.165, 1.54) is 0 Å². The van der Waals surface area contributed by atoms with Gasteiger partial charge in [-0.2, -0.15) is 5.10 Å². The van der Waals surface area contributed by atoms with E-state index in [-0.39, 0.29) is 18.1 Å². The highest BCUT2D eigenvalue weighted by atomic mass is 16.5. The fraction of sp³-hybridized carbons (Fsp3) is 0.211. The first-order chi connectivity index (χ1) is 11.7. The molecule has 1 aliphatic heterocycles. The number of carbonyl (C=O) groups is 2. The quantitative estimate of drug-likeness (QED) is 0.678. The molecular weight excluding hydrogens is 304 g/mol. The highest BCUT2D eigenvalue weighted by Gasteiger charge is 2.41. The molecule has 0 amide bonds. The Balaban J connectivity index is 1.95. The Morgan fingerprint density at radius 2 is 1.67 bits per heavy atom. The Bertz CT molecular complexity index is 757. The van der Waals surface area contributed by atoms with E-state index in [2.05, 4.69) is 10.5 Å². The Morgan fingerprint density at radius 1 is 1.04 bits per heavy atom. The van der Waals surface area contributed by atoms with Gasteiger partial charge in [0.25, 0.3) is 0 Å². The van der Waals surface area contributed by atoms with Gasteiger partial charge in [-0.1, -0.05) is 60.7 Å². The van der Waals surface area contributed by atoms with Gasteiger partial charge >= 0.3 is 5.97 Å². The van der Waals surface area contributed by atoms with Gasteiger partial charge < -0.3 is 4.74 Å². The molecule has 2 aromatic rings. The zero-order valence-electron chi connectivity index (χ0n) is 13.3. The zero-order valence-corrected chi connectivity index (χ0v) is 13.3. The molecule has 3 rings (SSSR count). The maximum absolute atomic E-state index is 12.9. The van der Waals surface area contributed by atoms with Crippen LogP contribution in [0.2, 0.25) is 0 Å². The number of esters is 1. The molecule has 1 heterocycles. The third kappa shape index (κ3) is 3.06. The number of hydrazone groups is 1. The summed E-state index contributed by atoms with van der Waals surface area (Å²) in [6, 6.07) is 17.8. The topological polar surface area (TPSA) is 67.8 Å². The van der Waals surface area contributed by atoms with Crippen molar-refractivity contribution in [3.8, 4) is 0 Å². The summed E-state index contributed by atoms with van der Waals surface area (Å²) in [5.74, 6) is -1.08. The summed E-state index contributed by atoms with van der Waals surface area (Å²) in [7, 11) is 0. The minimum atomic E-state index is -0.630. The normalized spacial score (nSPS) is 19.3. The summed E-state index contributed by atoms with van der Waals surface area (Å²) in [6.45, 7) is 2.00. The predicted molar refractivity (Wildman–Crippen MR) is 90.9 cm³/mol. The second-order valence-electron chi connectivity index (χ2n) is 5.44. The van der Waals surface area contributed by atoms with Crippen molar-refractivity contribution in [2.45, 2.75) is 18.9 Å². The lowest BCUT2D eigenvalue weighted by Crippen LogP contribution is -2.37. The minimum Gasteiger partial charge on any atom is -0.461 e. The third-order valence-corrected chi connectivity index (χ3v) is 3.94. The lowest BCUT2D eigenvalue weighted by atomic mass is 9.84. The molecule has 0 radical (unpaired) electrons. The average molecular weight is 322 g/mol. The zero-order chi connectivity index (χ0) is 16.9. The number of rotatable bonds is 5. The average Bonchev–Trinajstić information content (AvgIpc) is 3.08. The molecule has 2 atom stereocenters. The maximum Gasteiger partial charge on any atom is 0.355 e. The highest BCUT2D eigenvalue weighted by Crippen LogP contribution is 2.28. The monoisotopic (exact) mass is 322 g/mol. The SMILES string of the molecule is CCOC(=O)C1=NN[C@H](C(=O)c2ccccc2)[C@H]1c1ccccc1. The molecule has 0 aliphatic carbocycles. The van der Waals surface area contributed by atoms with Gasteiger partial charge in [-0.05, 0) is 12.5 Å². The Kier molecular flexibility index (Phi) is 4.70. The van der Waals surface area contributed by atoms with Crippen LogP contribution in [0.25, 0.3) is 0 Å². The number of benzene rings is 2. The van der Waals surface area contributed by atoms with Crippen molar-refractivity contribution in [1.29, 1.82) is 0 Å². The van der Waals surface area contributed by atoms with Crippen LogP contribution in [0, 0.1) is 0 Å². The third-order valence-electron chi connectivity index (χ3n) is 3.94. The molecule has 0 fully saturated rings. The molecule has 0 spiro atoms. The van der Waals surface area contributed by atoms with Gasteiger partial charge in [-0.25, -0.2) is 4.79 Å². The summed E-state index contributed by atoms with van der Waals surface area (Å²) in [4.78, 5) is 25.1. The van der Waals surface area contributed by atoms with E-state index >= 15 is 0 Å². The van der Waals surface area contributed by atoms with Gasteiger partial charge in [-0.3, -0.25) is 10.2 Å². The first-order valence-corrected chi connectivity index (χ1v) is 7.86. The number of carbonyl (C=O) groups excluding carboxylic acids is 2. The van der Waals surface area contributed by atoms with Gasteiger partial charge in [0, 0.05) is 5.56 Å². The van der Waals surface area contributed by atoms with Gasteiger partial charge in [0.05, 0.1) is 12.5 Å². The van der Waals surface area contributed by atoms with Crippen LogP contribution in [-0.4, -0.2) is 30.1 Å². The highest BCUT2D eigenvalue weighted by molar-refractivity contribution is 6.40. The number of ether oxygens (including phenoxy) is 1. The van der Waals surface area contributed by atoms with Crippen molar-refractivity contribution in [3.63, 3.8) is 0 Å². The summed E-state index contributed by atoms with van der Waals surface area (Å²) in [5.41, 5.74) is 4.49. The van der Waals surface area contributed by atoms with Crippen molar-refractivity contribution in [3.05, 3.63) is 71.8 Å². The van der Waals surface area contributed by atoms with Crippen LogP contribution in [-0.2, 0) is 9.53 Å². The molecule has 0 unspecified atom stereocenters. The van der Waals surface area contributed by atoms with Gasteiger partial charge in [0.1, 0.15) is 6.04 Å². The van der Waals surface area contributed by atoms with Crippen LogP contribution in [0.1, 0.15) is 28.8 Å². The summed E-state index contributed by atoms with van der Waals surface area (Å²) in [5, 5.41) is 4.11. The van der Waals surface area contributed by atoms with E-state index in [0.717, 1.165) is 5.56 Å². The van der Waals surface area contributed by atoms with Crippen LogP contribution in [0.15, 0.2) is 65.8 Å². The predicted octanol–water partition coefficient (Wildman–Crippen LogP) is 2.54. The Hall–Kier alpha value is -2.95. The first kappa shape index (κ1) is 15.9. The molecule has 2 aromatic carbocycles. The molecule has 5 heteroatoms. The van der Waals surface area contributed by atoms with Crippen LogP contribution in [0.5, 0.6) is 0 Å². The van der Waals surface area contributed by atoms with Gasteiger partial charge in [0.15, 0.2) is 11.5 Å². The summed E-state index contributed by atoms with van der Waals surface area (Å²) in [6.07, 6.45) is 0. The fourth-order valence-electron chi connectivity index (χ4n) is 2.82. The van der Waals surface area contributed by atoms with Crippen LogP contribution in [0.4, 0.5) is 0 Å². The molecule has 5 nitrogen and oxygen atoms in total. The maximum atomic E-state index is 12.9. The number of nitrogens with zero attached hydrogens (tertiary/aromatic N) is 1. The lowest BCUT2D eigenvalue weighted by molar-refractivity contribution is -0.135. The molecule has 1 N–H and O–H groups in total. The van der Waals surface area contributed by atoms with Crippen LogP contribution < -0.4 is 5.43 Å². The summed E-state index contributed by atoms with van der Waals surface area (Å²) < 4.78 is 5.09. The number of hydrogen-bond acceptors (Lipinski definition) is 5. The second-order valence-corrected chi connectivity index (χ2v) is 5.44. The van der Waals surface area contributed by atoms with E-state index in [1.807, 2.05) is 48.5 Å². The van der Waals surface area contributed by atoms with Crippen molar-refractivity contribution < 1.29 is 14.3 Å². The second kappa shape index (κ2) is 7.08. The van der Waals surface area contributed by atoms with E-state index in [0.29, 0.717) is 5.56 Å². The molecule has 24 heavy (non-hydrogen) atoms. The number of hydrogen-bond donors (Lipinski definition) is 1. The molecule has 1 aliphatic rings. The number of ketones is 1. The van der Waals surface area contributed by atoms with Crippen LogP contribution >= 0.6 is 0 Å². The molecule has 0 saturated heterocycles. The van der Waals surface area contributed by atoms with Crippen molar-refractivity contribution in [2.24, 2.45) is 5.10 Å². The number of nitrogens with one attached hydrogen (secondary N) is 1.